The van der Waals surface area contributed by atoms with E-state index in [9.17, 15) is 24.3 Å². The molecule has 0 radical (unpaired) electrons. The molecule has 2 aliphatic heterocycles. The van der Waals surface area contributed by atoms with E-state index >= 15 is 0 Å². The number of rotatable bonds is 2. The topological polar surface area (TPSA) is 104 Å². The second-order valence-corrected chi connectivity index (χ2v) is 5.68. The predicted octanol–water partition coefficient (Wildman–Crippen LogP) is -0.607. The Balaban J connectivity index is 2.00. The molecule has 21 heavy (non-hydrogen) atoms. The number of carbonyl (C=O) groups excluding carboxylic acids is 4. The van der Waals surface area contributed by atoms with E-state index in [4.69, 9.17) is 0 Å². The van der Waals surface area contributed by atoms with Crippen LogP contribution in [-0.4, -0.2) is 45.8 Å². The zero-order valence-corrected chi connectivity index (χ0v) is 11.5. The first-order chi connectivity index (χ1) is 10.0. The lowest BCUT2D eigenvalue weighted by Gasteiger charge is -2.39. The molecule has 1 fully saturated rings. The zero-order valence-electron chi connectivity index (χ0n) is 11.5. The quantitative estimate of drug-likeness (QED) is 0.661. The van der Waals surface area contributed by atoms with Crippen molar-refractivity contribution in [2.24, 2.45) is 0 Å². The Labute approximate surface area is 121 Å². The van der Waals surface area contributed by atoms with Crippen molar-refractivity contribution in [3.8, 4) is 0 Å². The van der Waals surface area contributed by atoms with Crippen LogP contribution in [-0.2, 0) is 19.2 Å². The Hall–Kier alpha value is -2.02. The summed E-state index contributed by atoms with van der Waals surface area (Å²) in [6.07, 6.45) is 2.68. The fourth-order valence-electron chi connectivity index (χ4n) is 3.30. The van der Waals surface area contributed by atoms with Gasteiger partial charge < -0.3 is 5.11 Å². The van der Waals surface area contributed by atoms with Gasteiger partial charge >= 0.3 is 0 Å². The van der Waals surface area contributed by atoms with Gasteiger partial charge in [0.1, 0.15) is 0 Å². The number of aliphatic hydroxyl groups is 1. The summed E-state index contributed by atoms with van der Waals surface area (Å²) in [5.41, 5.74) is -0.730. The van der Waals surface area contributed by atoms with E-state index in [2.05, 4.69) is 5.32 Å². The van der Waals surface area contributed by atoms with Crippen LogP contribution in [0.3, 0.4) is 0 Å². The normalized spacial score (nSPS) is 29.9. The average molecular weight is 292 g/mol. The molecule has 0 aromatic heterocycles. The van der Waals surface area contributed by atoms with Crippen LogP contribution in [0.15, 0.2) is 11.1 Å². The molecule has 0 aromatic carbocycles. The molecule has 7 nitrogen and oxygen atoms in total. The number of nitrogens with zero attached hydrogens (tertiary/aromatic N) is 1. The van der Waals surface area contributed by atoms with Crippen molar-refractivity contribution < 1.29 is 24.3 Å². The van der Waals surface area contributed by atoms with Crippen molar-refractivity contribution in [3.63, 3.8) is 0 Å². The molecule has 3 rings (SSSR count). The van der Waals surface area contributed by atoms with E-state index in [1.165, 1.54) is 0 Å². The first-order valence-electron chi connectivity index (χ1n) is 7.07. The van der Waals surface area contributed by atoms with Gasteiger partial charge in [-0.25, -0.2) is 0 Å². The van der Waals surface area contributed by atoms with Crippen molar-refractivity contribution in [1.29, 1.82) is 0 Å². The second-order valence-electron chi connectivity index (χ2n) is 5.68. The summed E-state index contributed by atoms with van der Waals surface area (Å²) in [6.45, 7) is -0.676. The molecule has 4 amide bonds. The van der Waals surface area contributed by atoms with Gasteiger partial charge in [-0.1, -0.05) is 0 Å². The maximum atomic E-state index is 12.5. The minimum atomic E-state index is -1.65. The Morgan fingerprint density at radius 3 is 2.05 bits per heavy atom. The lowest BCUT2D eigenvalue weighted by Crippen LogP contribution is -2.66. The van der Waals surface area contributed by atoms with E-state index < -0.39 is 35.8 Å². The molecule has 1 unspecified atom stereocenters. The molecule has 3 aliphatic rings. The van der Waals surface area contributed by atoms with E-state index in [1.54, 1.807) is 0 Å². The van der Waals surface area contributed by atoms with E-state index in [-0.39, 0.29) is 12.8 Å². The molecular formula is C14H16N2O5. The third-order valence-electron chi connectivity index (χ3n) is 4.52. The summed E-state index contributed by atoms with van der Waals surface area (Å²) in [7, 11) is 0. The molecule has 1 aliphatic carbocycles. The lowest BCUT2D eigenvalue weighted by atomic mass is 9.87. The predicted molar refractivity (Wildman–Crippen MR) is 69.5 cm³/mol. The van der Waals surface area contributed by atoms with Gasteiger partial charge in [-0.05, 0) is 32.1 Å². The van der Waals surface area contributed by atoms with Crippen molar-refractivity contribution in [2.45, 2.75) is 44.1 Å². The fourth-order valence-corrected chi connectivity index (χ4v) is 3.30. The molecule has 1 atom stereocenters. The van der Waals surface area contributed by atoms with Crippen LogP contribution < -0.4 is 5.32 Å². The largest absolute Gasteiger partial charge is 0.393 e. The van der Waals surface area contributed by atoms with Crippen LogP contribution in [0.1, 0.15) is 38.5 Å². The number of amides is 4. The molecule has 0 spiro atoms. The van der Waals surface area contributed by atoms with E-state index in [0.717, 1.165) is 17.7 Å². The molecule has 2 N–H and O–H groups in total. The lowest BCUT2D eigenvalue weighted by molar-refractivity contribution is -0.160. The highest BCUT2D eigenvalue weighted by Gasteiger charge is 2.55. The van der Waals surface area contributed by atoms with Crippen LogP contribution in [0, 0.1) is 0 Å². The molecule has 0 bridgehead atoms. The van der Waals surface area contributed by atoms with Gasteiger partial charge in [-0.3, -0.25) is 29.4 Å². The van der Waals surface area contributed by atoms with Gasteiger partial charge in [0.25, 0.3) is 17.7 Å². The highest BCUT2D eigenvalue weighted by molar-refractivity contribution is 6.22. The molecule has 0 saturated carbocycles. The Morgan fingerprint density at radius 1 is 1.00 bits per heavy atom. The van der Waals surface area contributed by atoms with E-state index in [0.29, 0.717) is 24.0 Å². The standard InChI is InChI=1S/C14H16N2O5/c17-7-14(6-5-10(18)15-13(14)21)16-11(19)8-3-1-2-4-9(8)12(16)20/h17H,1-7H2,(H,15,18,21). The summed E-state index contributed by atoms with van der Waals surface area (Å²) in [5.74, 6) is -2.22. The fraction of sp³-hybridized carbons (Fsp3) is 0.571. The first kappa shape index (κ1) is 13.9. The van der Waals surface area contributed by atoms with Crippen molar-refractivity contribution >= 4 is 23.6 Å². The number of piperidine rings is 1. The Morgan fingerprint density at radius 2 is 1.57 bits per heavy atom. The zero-order chi connectivity index (χ0) is 15.2. The van der Waals surface area contributed by atoms with Crippen LogP contribution in [0.5, 0.6) is 0 Å². The third kappa shape index (κ3) is 1.84. The van der Waals surface area contributed by atoms with Crippen molar-refractivity contribution in [3.05, 3.63) is 11.1 Å². The Bertz CT molecular complexity index is 566. The molecule has 1 saturated heterocycles. The van der Waals surface area contributed by atoms with Gasteiger partial charge in [-0.2, -0.15) is 0 Å². The van der Waals surface area contributed by atoms with Gasteiger partial charge in [0, 0.05) is 17.6 Å². The summed E-state index contributed by atoms with van der Waals surface area (Å²) in [6, 6.07) is 0. The third-order valence-corrected chi connectivity index (χ3v) is 4.52. The molecule has 7 heteroatoms. The maximum Gasteiger partial charge on any atom is 0.258 e. The van der Waals surface area contributed by atoms with Gasteiger partial charge in [0.15, 0.2) is 5.54 Å². The van der Waals surface area contributed by atoms with Crippen molar-refractivity contribution in [1.82, 2.24) is 10.2 Å². The molecular weight excluding hydrogens is 276 g/mol. The van der Waals surface area contributed by atoms with Crippen LogP contribution >= 0.6 is 0 Å². The second kappa shape index (κ2) is 4.77. The maximum absolute atomic E-state index is 12.5. The van der Waals surface area contributed by atoms with E-state index in [1.807, 2.05) is 0 Å². The number of imide groups is 2. The van der Waals surface area contributed by atoms with Crippen LogP contribution in [0.25, 0.3) is 0 Å². The molecule has 0 aromatic rings. The number of hydrogen-bond donors (Lipinski definition) is 2. The number of carbonyl (C=O) groups is 4. The van der Waals surface area contributed by atoms with Crippen LogP contribution in [0.2, 0.25) is 0 Å². The molecule has 2 heterocycles. The monoisotopic (exact) mass is 292 g/mol. The van der Waals surface area contributed by atoms with Gasteiger partial charge in [-0.15, -0.1) is 0 Å². The minimum Gasteiger partial charge on any atom is -0.393 e. The Kier molecular flexibility index (Phi) is 3.16. The smallest absolute Gasteiger partial charge is 0.258 e. The first-order valence-corrected chi connectivity index (χ1v) is 7.07. The minimum absolute atomic E-state index is 0.00593. The number of nitrogens with one attached hydrogen (secondary N) is 1. The SMILES string of the molecule is O=C1CCC(CO)(N2C(=O)C3=C(CCCC3)C2=O)C(=O)N1. The summed E-state index contributed by atoms with van der Waals surface area (Å²) in [4.78, 5) is 49.4. The number of aliphatic hydroxyl groups excluding tert-OH is 1. The molecule has 112 valence electrons. The van der Waals surface area contributed by atoms with Crippen LogP contribution in [0.4, 0.5) is 0 Å². The highest BCUT2D eigenvalue weighted by atomic mass is 16.3. The number of hydrogen-bond acceptors (Lipinski definition) is 5. The average Bonchev–Trinajstić information content (AvgIpc) is 2.74. The van der Waals surface area contributed by atoms with Crippen molar-refractivity contribution in [2.75, 3.05) is 6.61 Å². The summed E-state index contributed by atoms with van der Waals surface area (Å²) < 4.78 is 0. The summed E-state index contributed by atoms with van der Waals surface area (Å²) in [5, 5.41) is 11.8. The highest BCUT2D eigenvalue weighted by Crippen LogP contribution is 2.38. The van der Waals surface area contributed by atoms with Gasteiger partial charge in [0.2, 0.25) is 5.91 Å². The van der Waals surface area contributed by atoms with Gasteiger partial charge in [0.05, 0.1) is 6.61 Å². The summed E-state index contributed by atoms with van der Waals surface area (Å²) >= 11 is 0.